The van der Waals surface area contributed by atoms with E-state index in [-0.39, 0.29) is 11.4 Å². The quantitative estimate of drug-likeness (QED) is 0.866. The van der Waals surface area contributed by atoms with Gasteiger partial charge in [-0.05, 0) is 33.1 Å². The first-order valence-corrected chi connectivity index (χ1v) is 6.91. The van der Waals surface area contributed by atoms with Gasteiger partial charge in [-0.25, -0.2) is 4.98 Å². The molecule has 1 aromatic heterocycles. The second kappa shape index (κ2) is 4.74. The normalized spacial score (nSPS) is 17.9. The molecule has 94 valence electrons. The molecule has 1 heterocycles. The number of carbonyl (C=O) groups is 1. The molecular weight excluding hydrogens is 234 g/mol. The number of aromatic nitrogens is 1. The monoisotopic (exact) mass is 253 g/mol. The van der Waals surface area contributed by atoms with Gasteiger partial charge in [0.15, 0.2) is 5.13 Å². The number of thiazole rings is 1. The minimum Gasteiger partial charge on any atom is -0.304 e. The lowest BCUT2D eigenvalue weighted by molar-refractivity contribution is -0.114. The van der Waals surface area contributed by atoms with E-state index < -0.39 is 0 Å². The van der Waals surface area contributed by atoms with Crippen molar-refractivity contribution < 1.29 is 4.79 Å². The van der Waals surface area contributed by atoms with Gasteiger partial charge < -0.3 is 10.6 Å². The van der Waals surface area contributed by atoms with Gasteiger partial charge in [-0.1, -0.05) is 0 Å². The van der Waals surface area contributed by atoms with Crippen LogP contribution in [0.3, 0.4) is 0 Å². The first-order valence-electron chi connectivity index (χ1n) is 6.03. The fourth-order valence-corrected chi connectivity index (χ4v) is 3.11. The maximum absolute atomic E-state index is 11.0. The van der Waals surface area contributed by atoms with E-state index in [1.54, 1.807) is 0 Å². The van der Waals surface area contributed by atoms with Crippen molar-refractivity contribution in [2.75, 3.05) is 5.32 Å². The Balaban J connectivity index is 2.14. The first-order chi connectivity index (χ1) is 8.02. The maximum Gasteiger partial charge on any atom is 0.223 e. The highest BCUT2D eigenvalue weighted by Crippen LogP contribution is 2.42. The third-order valence-electron chi connectivity index (χ3n) is 3.05. The second-order valence-electron chi connectivity index (χ2n) is 4.95. The summed E-state index contributed by atoms with van der Waals surface area (Å²) in [6, 6.07) is 0.446. The van der Waals surface area contributed by atoms with Crippen molar-refractivity contribution in [3.05, 3.63) is 11.1 Å². The molecule has 1 aromatic rings. The molecule has 0 aliphatic heterocycles. The summed E-state index contributed by atoms with van der Waals surface area (Å²) in [5, 5.41) is 9.10. The Bertz CT molecular complexity index is 410. The van der Waals surface area contributed by atoms with Gasteiger partial charge in [-0.15, -0.1) is 11.3 Å². The zero-order chi connectivity index (χ0) is 12.5. The summed E-state index contributed by atoms with van der Waals surface area (Å²) < 4.78 is 0. The van der Waals surface area contributed by atoms with E-state index in [1.165, 1.54) is 24.7 Å². The van der Waals surface area contributed by atoms with Crippen LogP contribution in [0.4, 0.5) is 5.13 Å². The molecule has 0 bridgehead atoms. The number of nitrogens with one attached hydrogen (secondary N) is 2. The molecule has 0 radical (unpaired) electrons. The van der Waals surface area contributed by atoms with E-state index in [0.717, 1.165) is 18.5 Å². The van der Waals surface area contributed by atoms with E-state index in [1.807, 2.05) is 0 Å². The van der Waals surface area contributed by atoms with Crippen molar-refractivity contribution in [3.8, 4) is 0 Å². The molecule has 1 fully saturated rings. The average Bonchev–Trinajstić information content (AvgIpc) is 2.58. The third-order valence-corrected chi connectivity index (χ3v) is 3.81. The predicted molar refractivity (Wildman–Crippen MR) is 70.2 cm³/mol. The Morgan fingerprint density at radius 1 is 1.53 bits per heavy atom. The van der Waals surface area contributed by atoms with Crippen molar-refractivity contribution in [1.82, 2.24) is 10.3 Å². The van der Waals surface area contributed by atoms with Gasteiger partial charge >= 0.3 is 0 Å². The third kappa shape index (κ3) is 2.66. The molecule has 1 aliphatic rings. The van der Waals surface area contributed by atoms with E-state index in [2.05, 4.69) is 34.8 Å². The Morgan fingerprint density at radius 3 is 2.71 bits per heavy atom. The largest absolute Gasteiger partial charge is 0.304 e. The summed E-state index contributed by atoms with van der Waals surface area (Å²) in [5.41, 5.74) is 1.12. The number of carbonyl (C=O) groups excluding carboxylic acids is 1. The maximum atomic E-state index is 11.0. The van der Waals surface area contributed by atoms with Crippen LogP contribution in [0.25, 0.3) is 0 Å². The molecule has 17 heavy (non-hydrogen) atoms. The standard InChI is InChI=1S/C12H19N3OS/c1-8(2)15-12(5-4-6-12)10-7-17-11(14-10)13-9(3)16/h7-8,15H,4-6H2,1-3H3,(H,13,14,16). The van der Waals surface area contributed by atoms with Crippen LogP contribution in [0.5, 0.6) is 0 Å². The minimum atomic E-state index is -0.0645. The fourth-order valence-electron chi connectivity index (χ4n) is 2.26. The van der Waals surface area contributed by atoms with Gasteiger partial charge in [0.25, 0.3) is 0 Å². The molecule has 5 heteroatoms. The van der Waals surface area contributed by atoms with Crippen LogP contribution < -0.4 is 10.6 Å². The van der Waals surface area contributed by atoms with Crippen LogP contribution in [0.15, 0.2) is 5.38 Å². The molecule has 1 saturated carbocycles. The lowest BCUT2D eigenvalue weighted by Crippen LogP contribution is -2.51. The molecule has 0 atom stereocenters. The van der Waals surface area contributed by atoms with Crippen molar-refractivity contribution in [2.24, 2.45) is 0 Å². The van der Waals surface area contributed by atoms with Crippen molar-refractivity contribution in [3.63, 3.8) is 0 Å². The van der Waals surface area contributed by atoms with E-state index in [4.69, 9.17) is 0 Å². The summed E-state index contributed by atoms with van der Waals surface area (Å²) in [6.45, 7) is 5.81. The van der Waals surface area contributed by atoms with Crippen LogP contribution in [-0.4, -0.2) is 16.9 Å². The Labute approximate surface area is 106 Å². The fraction of sp³-hybridized carbons (Fsp3) is 0.667. The van der Waals surface area contributed by atoms with Crippen LogP contribution in [0, 0.1) is 0 Å². The minimum absolute atomic E-state index is 0.0430. The van der Waals surface area contributed by atoms with Crippen LogP contribution in [0.2, 0.25) is 0 Å². The van der Waals surface area contributed by atoms with Gasteiger partial charge in [0.05, 0.1) is 11.2 Å². The lowest BCUT2D eigenvalue weighted by atomic mass is 9.74. The number of hydrogen-bond donors (Lipinski definition) is 2. The first kappa shape index (κ1) is 12.5. The molecule has 1 amide bonds. The smallest absolute Gasteiger partial charge is 0.223 e. The summed E-state index contributed by atoms with van der Waals surface area (Å²) in [5.74, 6) is -0.0645. The Kier molecular flexibility index (Phi) is 3.49. The van der Waals surface area contributed by atoms with Crippen molar-refractivity contribution in [2.45, 2.75) is 51.6 Å². The molecule has 4 nitrogen and oxygen atoms in total. The summed E-state index contributed by atoms with van der Waals surface area (Å²) >= 11 is 1.50. The number of rotatable bonds is 4. The number of nitrogens with zero attached hydrogens (tertiary/aromatic N) is 1. The second-order valence-corrected chi connectivity index (χ2v) is 5.81. The summed E-state index contributed by atoms with van der Waals surface area (Å²) in [7, 11) is 0. The van der Waals surface area contributed by atoms with E-state index in [9.17, 15) is 4.79 Å². The van der Waals surface area contributed by atoms with Gasteiger partial charge in [-0.2, -0.15) is 0 Å². The zero-order valence-corrected chi connectivity index (χ0v) is 11.4. The molecule has 0 unspecified atom stereocenters. The van der Waals surface area contributed by atoms with E-state index in [0.29, 0.717) is 11.2 Å². The van der Waals surface area contributed by atoms with Crippen molar-refractivity contribution in [1.29, 1.82) is 0 Å². The molecule has 1 aliphatic carbocycles. The highest BCUT2D eigenvalue weighted by molar-refractivity contribution is 7.13. The molecule has 0 aromatic carbocycles. The van der Waals surface area contributed by atoms with Gasteiger partial charge in [0.2, 0.25) is 5.91 Å². The van der Waals surface area contributed by atoms with Gasteiger partial charge in [0.1, 0.15) is 0 Å². The SMILES string of the molecule is CC(=O)Nc1nc(C2(NC(C)C)CCC2)cs1. The average molecular weight is 253 g/mol. The summed E-state index contributed by atoms with van der Waals surface area (Å²) in [4.78, 5) is 15.5. The summed E-state index contributed by atoms with van der Waals surface area (Å²) in [6.07, 6.45) is 3.51. The Morgan fingerprint density at radius 2 is 2.24 bits per heavy atom. The lowest BCUT2D eigenvalue weighted by Gasteiger charge is -2.43. The Hall–Kier alpha value is -0.940. The molecule has 2 N–H and O–H groups in total. The highest BCUT2D eigenvalue weighted by Gasteiger charge is 2.40. The molecular formula is C12H19N3OS. The predicted octanol–water partition coefficient (Wildman–Crippen LogP) is 2.48. The van der Waals surface area contributed by atoms with Crippen molar-refractivity contribution >= 4 is 22.4 Å². The van der Waals surface area contributed by atoms with Crippen LogP contribution >= 0.6 is 11.3 Å². The molecule has 0 saturated heterocycles. The molecule has 2 rings (SSSR count). The number of hydrogen-bond acceptors (Lipinski definition) is 4. The van der Waals surface area contributed by atoms with Gasteiger partial charge in [0, 0.05) is 18.3 Å². The number of amides is 1. The van der Waals surface area contributed by atoms with Gasteiger partial charge in [-0.3, -0.25) is 4.79 Å². The van der Waals surface area contributed by atoms with Crippen LogP contribution in [0.1, 0.15) is 45.7 Å². The number of anilines is 1. The molecule has 0 spiro atoms. The zero-order valence-electron chi connectivity index (χ0n) is 10.5. The topological polar surface area (TPSA) is 54.0 Å². The van der Waals surface area contributed by atoms with Crippen LogP contribution in [-0.2, 0) is 10.3 Å². The van der Waals surface area contributed by atoms with E-state index >= 15 is 0 Å². The highest BCUT2D eigenvalue weighted by atomic mass is 32.1.